The van der Waals surface area contributed by atoms with Crippen LogP contribution in [-0.4, -0.2) is 30.1 Å². The molecule has 0 aliphatic carbocycles. The van der Waals surface area contributed by atoms with Gasteiger partial charge in [-0.2, -0.15) is 5.26 Å². The number of nitrogens with zero attached hydrogens (tertiary/aromatic N) is 3. The fourth-order valence-corrected chi connectivity index (χ4v) is 2.63. The summed E-state index contributed by atoms with van der Waals surface area (Å²) in [5.74, 6) is -0.195. The Morgan fingerprint density at radius 1 is 1.44 bits per heavy atom. The predicted molar refractivity (Wildman–Crippen MR) is 94.8 cm³/mol. The van der Waals surface area contributed by atoms with Crippen molar-refractivity contribution in [2.45, 2.75) is 12.5 Å². The standard InChI is InChI=1S/C18H16FN5O3/c1-18(10-26-9-15(21)24-18)13-6-12(3-4-14(13)19)23-17(25)27-16-5-2-11(7-20)8-22-16/h2-6,8H,9-10H2,1H3,(H2,21,24)(H,23,25). The number of carbonyl (C=O) groups is 1. The highest BCUT2D eigenvalue weighted by atomic mass is 19.1. The number of amidine groups is 1. The van der Waals surface area contributed by atoms with E-state index in [1.54, 1.807) is 6.92 Å². The molecule has 0 bridgehead atoms. The summed E-state index contributed by atoms with van der Waals surface area (Å²) in [4.78, 5) is 20.2. The number of hydrogen-bond acceptors (Lipinski definition) is 7. The van der Waals surface area contributed by atoms with Gasteiger partial charge in [-0.1, -0.05) is 0 Å². The number of ether oxygens (including phenoxy) is 2. The van der Waals surface area contributed by atoms with Crippen molar-refractivity contribution in [3.63, 3.8) is 0 Å². The summed E-state index contributed by atoms with van der Waals surface area (Å²) < 4.78 is 24.7. The fraction of sp³-hybridized carbons (Fsp3) is 0.222. The minimum Gasteiger partial charge on any atom is -0.391 e. The van der Waals surface area contributed by atoms with Crippen LogP contribution in [-0.2, 0) is 10.3 Å². The van der Waals surface area contributed by atoms with Gasteiger partial charge in [0.1, 0.15) is 29.9 Å². The molecule has 1 unspecified atom stereocenters. The van der Waals surface area contributed by atoms with Crippen LogP contribution in [0.15, 0.2) is 41.5 Å². The van der Waals surface area contributed by atoms with Crippen LogP contribution in [0.25, 0.3) is 0 Å². The van der Waals surface area contributed by atoms with E-state index in [0.717, 1.165) is 0 Å². The first-order chi connectivity index (χ1) is 12.9. The zero-order valence-electron chi connectivity index (χ0n) is 14.4. The van der Waals surface area contributed by atoms with Gasteiger partial charge >= 0.3 is 6.09 Å². The van der Waals surface area contributed by atoms with Crippen LogP contribution in [0.3, 0.4) is 0 Å². The lowest BCUT2D eigenvalue weighted by atomic mass is 9.92. The molecule has 3 rings (SSSR count). The van der Waals surface area contributed by atoms with Crippen LogP contribution in [0.1, 0.15) is 18.1 Å². The summed E-state index contributed by atoms with van der Waals surface area (Å²) in [6.07, 6.45) is 0.475. The van der Waals surface area contributed by atoms with Crippen LogP contribution in [0.5, 0.6) is 5.88 Å². The lowest BCUT2D eigenvalue weighted by Crippen LogP contribution is -2.38. The number of amides is 1. The van der Waals surface area contributed by atoms with E-state index < -0.39 is 17.4 Å². The van der Waals surface area contributed by atoms with Gasteiger partial charge in [-0.15, -0.1) is 0 Å². The minimum atomic E-state index is -0.997. The number of aromatic nitrogens is 1. The van der Waals surface area contributed by atoms with Gasteiger partial charge < -0.3 is 15.2 Å². The second-order valence-corrected chi connectivity index (χ2v) is 6.08. The van der Waals surface area contributed by atoms with E-state index in [9.17, 15) is 9.18 Å². The van der Waals surface area contributed by atoms with Gasteiger partial charge in [-0.3, -0.25) is 10.3 Å². The highest BCUT2D eigenvalue weighted by molar-refractivity contribution is 5.86. The Morgan fingerprint density at radius 3 is 2.93 bits per heavy atom. The quantitative estimate of drug-likeness (QED) is 0.856. The van der Waals surface area contributed by atoms with E-state index in [-0.39, 0.29) is 30.5 Å². The Labute approximate surface area is 154 Å². The first-order valence-corrected chi connectivity index (χ1v) is 7.96. The van der Waals surface area contributed by atoms with Gasteiger partial charge in [0.15, 0.2) is 0 Å². The average molecular weight is 369 g/mol. The van der Waals surface area contributed by atoms with Crippen molar-refractivity contribution < 1.29 is 18.7 Å². The Bertz CT molecular complexity index is 939. The zero-order valence-corrected chi connectivity index (χ0v) is 14.4. The predicted octanol–water partition coefficient (Wildman–Crippen LogP) is 2.31. The number of benzene rings is 1. The maximum atomic E-state index is 14.3. The molecule has 0 saturated carbocycles. The number of anilines is 1. The molecule has 8 nitrogen and oxygen atoms in total. The van der Waals surface area contributed by atoms with Crippen molar-refractivity contribution in [3.8, 4) is 11.9 Å². The number of rotatable bonds is 3. The lowest BCUT2D eigenvalue weighted by molar-refractivity contribution is 0.104. The Kier molecular flexibility index (Phi) is 5.00. The minimum absolute atomic E-state index is 0.0267. The summed E-state index contributed by atoms with van der Waals surface area (Å²) in [6.45, 7) is 2.05. The summed E-state index contributed by atoms with van der Waals surface area (Å²) in [7, 11) is 0. The molecule has 0 radical (unpaired) electrons. The van der Waals surface area contributed by atoms with E-state index in [2.05, 4.69) is 15.3 Å². The lowest BCUT2D eigenvalue weighted by Gasteiger charge is -2.30. The monoisotopic (exact) mass is 369 g/mol. The molecule has 0 spiro atoms. The molecule has 1 aromatic heterocycles. The first-order valence-electron chi connectivity index (χ1n) is 7.96. The highest BCUT2D eigenvalue weighted by Crippen LogP contribution is 2.32. The third kappa shape index (κ3) is 4.19. The Balaban J connectivity index is 1.76. The molecule has 138 valence electrons. The summed E-state index contributed by atoms with van der Waals surface area (Å²) in [5.41, 5.74) is 5.60. The topological polar surface area (TPSA) is 123 Å². The number of nitriles is 1. The summed E-state index contributed by atoms with van der Waals surface area (Å²) in [5, 5.41) is 11.2. The molecule has 1 amide bonds. The van der Waals surface area contributed by atoms with Gasteiger partial charge in [-0.05, 0) is 31.2 Å². The maximum Gasteiger partial charge on any atom is 0.418 e. The normalized spacial score (nSPS) is 18.9. The molecule has 1 atom stereocenters. The maximum absolute atomic E-state index is 14.3. The summed E-state index contributed by atoms with van der Waals surface area (Å²) >= 11 is 0. The van der Waals surface area contributed by atoms with Gasteiger partial charge in [-0.25, -0.2) is 14.2 Å². The second kappa shape index (κ2) is 7.39. The van der Waals surface area contributed by atoms with Gasteiger partial charge in [0.2, 0.25) is 5.88 Å². The molecular weight excluding hydrogens is 353 g/mol. The van der Waals surface area contributed by atoms with Crippen LogP contribution in [0, 0.1) is 17.1 Å². The van der Waals surface area contributed by atoms with Crippen LogP contribution in [0.4, 0.5) is 14.9 Å². The molecule has 27 heavy (non-hydrogen) atoms. The van der Waals surface area contributed by atoms with Crippen LogP contribution >= 0.6 is 0 Å². The zero-order chi connectivity index (χ0) is 19.4. The molecule has 1 aliphatic rings. The van der Waals surface area contributed by atoms with E-state index in [0.29, 0.717) is 11.3 Å². The third-order valence-corrected chi connectivity index (χ3v) is 3.88. The van der Waals surface area contributed by atoms with E-state index in [1.807, 2.05) is 6.07 Å². The van der Waals surface area contributed by atoms with Crippen molar-refractivity contribution in [1.29, 1.82) is 5.26 Å². The molecule has 2 aromatic rings. The number of aliphatic imine (C=N–C) groups is 1. The first kappa shape index (κ1) is 18.3. The van der Waals surface area contributed by atoms with E-state index in [4.69, 9.17) is 20.5 Å². The van der Waals surface area contributed by atoms with Gasteiger partial charge in [0.25, 0.3) is 0 Å². The average Bonchev–Trinajstić information content (AvgIpc) is 2.63. The number of halogens is 1. The highest BCUT2D eigenvalue weighted by Gasteiger charge is 2.33. The molecule has 1 aliphatic heterocycles. The van der Waals surface area contributed by atoms with Crippen molar-refractivity contribution in [1.82, 2.24) is 4.98 Å². The summed E-state index contributed by atoms with van der Waals surface area (Å²) in [6, 6.07) is 8.84. The van der Waals surface area contributed by atoms with Crippen LogP contribution in [0.2, 0.25) is 0 Å². The second-order valence-electron chi connectivity index (χ2n) is 6.08. The van der Waals surface area contributed by atoms with Crippen LogP contribution < -0.4 is 15.8 Å². The molecule has 9 heteroatoms. The fourth-order valence-electron chi connectivity index (χ4n) is 2.63. The Hall–Kier alpha value is -3.51. The molecule has 0 fully saturated rings. The van der Waals surface area contributed by atoms with E-state index >= 15 is 0 Å². The molecule has 3 N–H and O–H groups in total. The van der Waals surface area contributed by atoms with Crippen molar-refractivity contribution in [2.24, 2.45) is 10.7 Å². The van der Waals surface area contributed by atoms with Crippen molar-refractivity contribution in [3.05, 3.63) is 53.5 Å². The van der Waals surface area contributed by atoms with Crippen molar-refractivity contribution >= 4 is 17.6 Å². The third-order valence-electron chi connectivity index (χ3n) is 3.88. The number of nitrogens with two attached hydrogens (primary N) is 1. The van der Waals surface area contributed by atoms with Crippen molar-refractivity contribution in [2.75, 3.05) is 18.5 Å². The number of pyridine rings is 1. The largest absolute Gasteiger partial charge is 0.418 e. The molecule has 1 aromatic carbocycles. The molecule has 0 saturated heterocycles. The number of hydrogen-bond donors (Lipinski definition) is 2. The molecule has 2 heterocycles. The number of nitrogens with one attached hydrogen (secondary N) is 1. The SMILES string of the molecule is CC1(c2cc(NC(=O)Oc3ccc(C#N)cn3)ccc2F)COCC(N)=N1. The molecular formula is C18H16FN5O3. The number of carbonyl (C=O) groups excluding carboxylic acids is 1. The van der Waals surface area contributed by atoms with Gasteiger partial charge in [0, 0.05) is 23.5 Å². The van der Waals surface area contributed by atoms with Gasteiger partial charge in [0.05, 0.1) is 12.2 Å². The Morgan fingerprint density at radius 2 is 2.26 bits per heavy atom. The van der Waals surface area contributed by atoms with E-state index in [1.165, 1.54) is 36.5 Å². The smallest absolute Gasteiger partial charge is 0.391 e.